The zero-order chi connectivity index (χ0) is 12.1. The molecule has 0 unspecified atom stereocenters. The first-order valence-corrected chi connectivity index (χ1v) is 5.22. The van der Waals surface area contributed by atoms with E-state index in [0.29, 0.717) is 11.4 Å². The molecule has 0 saturated carbocycles. The number of hydrogen-bond donors (Lipinski definition) is 1. The summed E-state index contributed by atoms with van der Waals surface area (Å²) in [4.78, 5) is 11.6. The van der Waals surface area contributed by atoms with E-state index in [-0.39, 0.29) is 11.8 Å². The fraction of sp³-hybridized carbons (Fsp3) is 0.417. The highest BCUT2D eigenvalue weighted by molar-refractivity contribution is 5.93. The molecule has 16 heavy (non-hydrogen) atoms. The Kier molecular flexibility index (Phi) is 4.28. The monoisotopic (exact) mass is 225 g/mol. The molecule has 0 fully saturated rings. The lowest BCUT2D eigenvalue weighted by Gasteiger charge is -2.12. The average molecular weight is 225 g/mol. The summed E-state index contributed by atoms with van der Waals surface area (Å²) in [6.07, 6.45) is 0.759. The Bertz CT molecular complexity index is 379. The van der Waals surface area contributed by atoms with E-state index in [1.54, 1.807) is 0 Å². The van der Waals surface area contributed by atoms with E-state index in [0.717, 1.165) is 6.42 Å². The van der Waals surface area contributed by atoms with Crippen LogP contribution in [0.3, 0.4) is 0 Å². The van der Waals surface area contributed by atoms with Gasteiger partial charge in [0.1, 0.15) is 11.6 Å². The number of rotatable bonds is 4. The first-order chi connectivity index (χ1) is 7.58. The third-order valence-electron chi connectivity index (χ3n) is 2.48. The molecule has 0 heterocycles. The Hall–Kier alpha value is -1.58. The molecule has 88 valence electrons. The highest BCUT2D eigenvalue weighted by atomic mass is 19.1. The number of halogens is 1. The summed E-state index contributed by atoms with van der Waals surface area (Å²) in [6.45, 7) is 3.78. The van der Waals surface area contributed by atoms with E-state index < -0.39 is 5.82 Å². The highest BCUT2D eigenvalue weighted by Gasteiger charge is 2.13. The first kappa shape index (κ1) is 12.5. The van der Waals surface area contributed by atoms with Crippen LogP contribution in [0, 0.1) is 11.7 Å². The van der Waals surface area contributed by atoms with Gasteiger partial charge in [0, 0.05) is 12.0 Å². The summed E-state index contributed by atoms with van der Waals surface area (Å²) in [7, 11) is 1.44. The molecule has 0 aliphatic rings. The van der Waals surface area contributed by atoms with Crippen molar-refractivity contribution < 1.29 is 13.9 Å². The zero-order valence-electron chi connectivity index (χ0n) is 9.71. The minimum atomic E-state index is -0.390. The molecule has 1 aromatic rings. The molecule has 1 amide bonds. The van der Waals surface area contributed by atoms with Crippen LogP contribution in [0.1, 0.15) is 20.3 Å². The topological polar surface area (TPSA) is 38.3 Å². The fourth-order valence-corrected chi connectivity index (χ4v) is 1.21. The van der Waals surface area contributed by atoms with Gasteiger partial charge < -0.3 is 10.1 Å². The normalized spacial score (nSPS) is 12.0. The predicted octanol–water partition coefficient (Wildman–Crippen LogP) is 2.82. The summed E-state index contributed by atoms with van der Waals surface area (Å²) >= 11 is 0. The lowest BCUT2D eigenvalue weighted by atomic mass is 10.1. The van der Waals surface area contributed by atoms with Crippen LogP contribution in [0.5, 0.6) is 5.75 Å². The number of hydrogen-bond acceptors (Lipinski definition) is 2. The maximum Gasteiger partial charge on any atom is 0.227 e. The van der Waals surface area contributed by atoms with E-state index >= 15 is 0 Å². The largest absolute Gasteiger partial charge is 0.494 e. The fourth-order valence-electron chi connectivity index (χ4n) is 1.21. The van der Waals surface area contributed by atoms with Crippen LogP contribution in [0.2, 0.25) is 0 Å². The van der Waals surface area contributed by atoms with Gasteiger partial charge >= 0.3 is 0 Å². The number of carbonyl (C=O) groups excluding carboxylic acids is 1. The predicted molar refractivity (Wildman–Crippen MR) is 61.0 cm³/mol. The molecule has 0 bridgehead atoms. The number of anilines is 1. The van der Waals surface area contributed by atoms with Crippen molar-refractivity contribution in [3.63, 3.8) is 0 Å². The average Bonchev–Trinajstić information content (AvgIpc) is 2.30. The highest BCUT2D eigenvalue weighted by Crippen LogP contribution is 2.25. The van der Waals surface area contributed by atoms with Gasteiger partial charge in [0.05, 0.1) is 12.8 Å². The quantitative estimate of drug-likeness (QED) is 0.855. The van der Waals surface area contributed by atoms with Crippen molar-refractivity contribution in [1.29, 1.82) is 0 Å². The molecule has 0 spiro atoms. The van der Waals surface area contributed by atoms with Crippen LogP contribution in [-0.2, 0) is 4.79 Å². The molecule has 1 aromatic carbocycles. The molecular formula is C12H16FNO2. The van der Waals surface area contributed by atoms with Gasteiger partial charge in [0.15, 0.2) is 0 Å². The molecular weight excluding hydrogens is 209 g/mol. The van der Waals surface area contributed by atoms with Crippen LogP contribution in [0.15, 0.2) is 18.2 Å². The lowest BCUT2D eigenvalue weighted by molar-refractivity contribution is -0.119. The molecule has 1 N–H and O–H groups in total. The van der Waals surface area contributed by atoms with Crippen LogP contribution < -0.4 is 10.1 Å². The van der Waals surface area contributed by atoms with Gasteiger partial charge in [0.25, 0.3) is 0 Å². The summed E-state index contributed by atoms with van der Waals surface area (Å²) < 4.78 is 17.9. The lowest BCUT2D eigenvalue weighted by Crippen LogP contribution is -2.20. The van der Waals surface area contributed by atoms with Crippen molar-refractivity contribution in [2.45, 2.75) is 20.3 Å². The van der Waals surface area contributed by atoms with Crippen molar-refractivity contribution in [2.24, 2.45) is 5.92 Å². The number of methoxy groups -OCH3 is 1. The van der Waals surface area contributed by atoms with Crippen LogP contribution >= 0.6 is 0 Å². The molecule has 0 radical (unpaired) electrons. The molecule has 4 heteroatoms. The molecule has 0 saturated heterocycles. The van der Waals surface area contributed by atoms with Gasteiger partial charge in [0.2, 0.25) is 5.91 Å². The maximum absolute atomic E-state index is 12.9. The van der Waals surface area contributed by atoms with Gasteiger partial charge in [-0.25, -0.2) is 4.39 Å². The molecule has 1 rings (SSSR count). The van der Waals surface area contributed by atoms with Gasteiger partial charge in [-0.1, -0.05) is 13.8 Å². The van der Waals surface area contributed by atoms with E-state index in [4.69, 9.17) is 4.74 Å². The minimum absolute atomic E-state index is 0.0743. The van der Waals surface area contributed by atoms with Gasteiger partial charge in [-0.3, -0.25) is 4.79 Å². The number of carbonyl (C=O) groups is 1. The number of ether oxygens (including phenoxy) is 1. The third-order valence-corrected chi connectivity index (χ3v) is 2.48. The van der Waals surface area contributed by atoms with E-state index in [2.05, 4.69) is 5.32 Å². The third kappa shape index (κ3) is 2.95. The second kappa shape index (κ2) is 5.49. The Morgan fingerprint density at radius 2 is 2.25 bits per heavy atom. The number of benzene rings is 1. The molecule has 0 aliphatic heterocycles. The van der Waals surface area contributed by atoms with Gasteiger partial charge in [-0.2, -0.15) is 0 Å². The second-order valence-corrected chi connectivity index (χ2v) is 3.64. The van der Waals surface area contributed by atoms with Crippen LogP contribution in [-0.4, -0.2) is 13.0 Å². The number of nitrogens with one attached hydrogen (secondary N) is 1. The van der Waals surface area contributed by atoms with Crippen LogP contribution in [0.4, 0.5) is 10.1 Å². The molecule has 3 nitrogen and oxygen atoms in total. The molecule has 0 aromatic heterocycles. The van der Waals surface area contributed by atoms with Crippen molar-refractivity contribution in [2.75, 3.05) is 12.4 Å². The van der Waals surface area contributed by atoms with E-state index in [1.165, 1.54) is 25.3 Å². The van der Waals surface area contributed by atoms with E-state index in [9.17, 15) is 9.18 Å². The Labute approximate surface area is 94.6 Å². The zero-order valence-corrected chi connectivity index (χ0v) is 9.71. The van der Waals surface area contributed by atoms with Gasteiger partial charge in [-0.05, 0) is 18.6 Å². The minimum Gasteiger partial charge on any atom is -0.494 e. The smallest absolute Gasteiger partial charge is 0.227 e. The second-order valence-electron chi connectivity index (χ2n) is 3.64. The Morgan fingerprint density at radius 3 is 2.81 bits per heavy atom. The summed E-state index contributed by atoms with van der Waals surface area (Å²) in [5.41, 5.74) is 0.495. The van der Waals surface area contributed by atoms with Crippen molar-refractivity contribution in [3.05, 3.63) is 24.0 Å². The molecule has 0 aliphatic carbocycles. The Morgan fingerprint density at radius 1 is 1.56 bits per heavy atom. The summed E-state index contributed by atoms with van der Waals surface area (Å²) in [6, 6.07) is 4.02. The Balaban J connectivity index is 2.84. The number of amides is 1. The van der Waals surface area contributed by atoms with Gasteiger partial charge in [-0.15, -0.1) is 0 Å². The summed E-state index contributed by atoms with van der Waals surface area (Å²) in [5.74, 6) is -0.225. The van der Waals surface area contributed by atoms with Crippen LogP contribution in [0.25, 0.3) is 0 Å². The van der Waals surface area contributed by atoms with E-state index in [1.807, 2.05) is 13.8 Å². The van der Waals surface area contributed by atoms with Crippen molar-refractivity contribution in [3.8, 4) is 5.75 Å². The van der Waals surface area contributed by atoms with Crippen molar-refractivity contribution >= 4 is 11.6 Å². The maximum atomic E-state index is 12.9. The SMILES string of the molecule is CC[C@H](C)C(=O)Nc1ccc(F)cc1OC. The first-order valence-electron chi connectivity index (χ1n) is 5.22. The standard InChI is InChI=1S/C12H16FNO2/c1-4-8(2)12(15)14-10-6-5-9(13)7-11(10)16-3/h5-8H,4H2,1-3H3,(H,14,15)/t8-/m0/s1. The van der Waals surface area contributed by atoms with Crippen molar-refractivity contribution in [1.82, 2.24) is 0 Å². The molecule has 1 atom stereocenters. The summed E-state index contributed by atoms with van der Waals surface area (Å²) in [5, 5.41) is 2.71.